The number of rotatable bonds is 17. The first-order chi connectivity index (χ1) is 16.0. The molecule has 0 fully saturated rings. The van der Waals surface area contributed by atoms with Crippen molar-refractivity contribution < 1.29 is 24.3 Å². The minimum atomic E-state index is -1.15. The van der Waals surface area contributed by atoms with Gasteiger partial charge in [-0.3, -0.25) is 19.4 Å². The molecule has 34 heavy (non-hydrogen) atoms. The Hall–Kier alpha value is -2.19. The van der Waals surface area contributed by atoms with Gasteiger partial charge in [-0.2, -0.15) is 24.4 Å². The number of guanidine groups is 1. The number of nitrogens with one attached hydrogen (secondary N) is 3. The van der Waals surface area contributed by atoms with Crippen molar-refractivity contribution >= 4 is 54.0 Å². The van der Waals surface area contributed by atoms with E-state index in [9.17, 15) is 24.3 Å². The highest BCUT2D eigenvalue weighted by molar-refractivity contribution is 7.98. The highest BCUT2D eigenvalue weighted by Crippen LogP contribution is 2.10. The molecule has 0 aliphatic heterocycles. The quantitative estimate of drug-likeness (QED) is 0.0490. The number of thioether (sulfide) groups is 1. The molecule has 0 aromatic carbocycles. The summed E-state index contributed by atoms with van der Waals surface area (Å²) in [5.74, 6) is -2.68. The maximum absolute atomic E-state index is 13.0. The maximum atomic E-state index is 13.0. The highest BCUT2D eigenvalue weighted by Gasteiger charge is 2.31. The molecule has 3 amide bonds. The molecule has 5 unspecified atom stereocenters. The second kappa shape index (κ2) is 17.3. The number of nitrogens with two attached hydrogens (primary N) is 3. The van der Waals surface area contributed by atoms with E-state index >= 15 is 0 Å². The van der Waals surface area contributed by atoms with Crippen molar-refractivity contribution in [3.63, 3.8) is 0 Å². The summed E-state index contributed by atoms with van der Waals surface area (Å²) in [5.41, 5.74) is 16.3. The van der Waals surface area contributed by atoms with Gasteiger partial charge in [0.2, 0.25) is 17.7 Å². The van der Waals surface area contributed by atoms with Crippen molar-refractivity contribution in [2.24, 2.45) is 28.1 Å². The molecular formula is C20H39N7O5S2. The van der Waals surface area contributed by atoms with E-state index in [4.69, 9.17) is 17.2 Å². The average Bonchev–Trinajstić information content (AvgIpc) is 2.79. The van der Waals surface area contributed by atoms with Gasteiger partial charge in [0.05, 0.1) is 6.04 Å². The van der Waals surface area contributed by atoms with Gasteiger partial charge in [0.25, 0.3) is 0 Å². The largest absolute Gasteiger partial charge is 0.480 e. The molecule has 0 aromatic heterocycles. The van der Waals surface area contributed by atoms with Crippen LogP contribution in [-0.4, -0.2) is 83.2 Å². The summed E-state index contributed by atoms with van der Waals surface area (Å²) in [6.45, 7) is 3.79. The Kier molecular flexibility index (Phi) is 16.2. The van der Waals surface area contributed by atoms with E-state index in [-0.39, 0.29) is 37.0 Å². The zero-order chi connectivity index (χ0) is 26.3. The molecule has 0 aromatic rings. The van der Waals surface area contributed by atoms with Crippen LogP contribution in [0.1, 0.15) is 39.5 Å². The first-order valence-electron chi connectivity index (χ1n) is 11.0. The smallest absolute Gasteiger partial charge is 0.326 e. The summed E-state index contributed by atoms with van der Waals surface area (Å²) in [6, 6.07) is -3.99. The predicted molar refractivity (Wildman–Crippen MR) is 138 cm³/mol. The van der Waals surface area contributed by atoms with Crippen LogP contribution in [-0.2, 0) is 19.2 Å². The van der Waals surface area contributed by atoms with Gasteiger partial charge < -0.3 is 38.3 Å². The Labute approximate surface area is 210 Å². The fraction of sp³-hybridized carbons (Fsp3) is 0.750. The van der Waals surface area contributed by atoms with Crippen LogP contribution in [0.3, 0.4) is 0 Å². The van der Waals surface area contributed by atoms with Crippen molar-refractivity contribution in [3.8, 4) is 0 Å². The fourth-order valence-electron chi connectivity index (χ4n) is 2.85. The number of aliphatic carboxylic acids is 1. The molecule has 12 nitrogen and oxygen atoms in total. The number of amides is 3. The Morgan fingerprint density at radius 1 is 1.03 bits per heavy atom. The van der Waals surface area contributed by atoms with Crippen molar-refractivity contribution in [3.05, 3.63) is 0 Å². The number of thiol groups is 1. The van der Waals surface area contributed by atoms with E-state index in [2.05, 4.69) is 33.6 Å². The van der Waals surface area contributed by atoms with Gasteiger partial charge in [-0.05, 0) is 37.2 Å². The number of carboxylic acid groups (broad SMARTS) is 1. The molecule has 5 atom stereocenters. The minimum absolute atomic E-state index is 0.0825. The molecule has 0 saturated carbocycles. The highest BCUT2D eigenvalue weighted by atomic mass is 32.2. The average molecular weight is 522 g/mol. The van der Waals surface area contributed by atoms with E-state index in [0.29, 0.717) is 18.6 Å². The van der Waals surface area contributed by atoms with Crippen LogP contribution in [0.2, 0.25) is 0 Å². The number of carboxylic acids is 1. The summed E-state index contributed by atoms with van der Waals surface area (Å²) < 4.78 is 0. The Morgan fingerprint density at radius 3 is 2.09 bits per heavy atom. The van der Waals surface area contributed by atoms with Gasteiger partial charge in [-0.1, -0.05) is 20.3 Å². The van der Waals surface area contributed by atoms with Gasteiger partial charge in [0, 0.05) is 12.3 Å². The summed E-state index contributed by atoms with van der Waals surface area (Å²) >= 11 is 5.47. The van der Waals surface area contributed by atoms with Gasteiger partial charge in [0.15, 0.2) is 5.96 Å². The molecule has 0 aliphatic carbocycles. The second-order valence-corrected chi connectivity index (χ2v) is 9.20. The first-order valence-corrected chi connectivity index (χ1v) is 13.1. The third kappa shape index (κ3) is 12.3. The Balaban J connectivity index is 5.53. The van der Waals surface area contributed by atoms with E-state index in [1.807, 2.05) is 13.2 Å². The summed E-state index contributed by atoms with van der Waals surface area (Å²) in [7, 11) is 0. The summed E-state index contributed by atoms with van der Waals surface area (Å²) in [4.78, 5) is 53.7. The third-order valence-corrected chi connectivity index (χ3v) is 6.17. The molecule has 0 aliphatic rings. The van der Waals surface area contributed by atoms with E-state index in [1.54, 1.807) is 6.92 Å². The Morgan fingerprint density at radius 2 is 1.59 bits per heavy atom. The molecule has 196 valence electrons. The van der Waals surface area contributed by atoms with E-state index in [0.717, 1.165) is 0 Å². The number of carbonyl (C=O) groups is 4. The van der Waals surface area contributed by atoms with Crippen molar-refractivity contribution in [2.75, 3.05) is 24.3 Å². The van der Waals surface area contributed by atoms with Gasteiger partial charge in [-0.15, -0.1) is 0 Å². The molecule has 0 rings (SSSR count). The predicted octanol–water partition coefficient (Wildman–Crippen LogP) is -1.36. The molecule has 0 spiro atoms. The van der Waals surface area contributed by atoms with Crippen LogP contribution in [0.4, 0.5) is 0 Å². The zero-order valence-corrected chi connectivity index (χ0v) is 21.7. The van der Waals surface area contributed by atoms with Crippen LogP contribution < -0.4 is 33.2 Å². The maximum Gasteiger partial charge on any atom is 0.326 e. The van der Waals surface area contributed by atoms with Crippen LogP contribution in [0.25, 0.3) is 0 Å². The molecule has 10 N–H and O–H groups in total. The monoisotopic (exact) mass is 521 g/mol. The lowest BCUT2D eigenvalue weighted by Gasteiger charge is -2.26. The molecule has 0 radical (unpaired) electrons. The SMILES string of the molecule is CCC(C)C(NC(=O)C(CCSC)NC(=O)C(CCCN=C(N)N)NC(=O)C(N)CS)C(=O)O. The van der Waals surface area contributed by atoms with Gasteiger partial charge in [0.1, 0.15) is 18.1 Å². The topological polar surface area (TPSA) is 215 Å². The van der Waals surface area contributed by atoms with Crippen molar-refractivity contribution in [1.82, 2.24) is 16.0 Å². The number of nitrogens with zero attached hydrogens (tertiary/aromatic N) is 1. The van der Waals surface area contributed by atoms with Gasteiger partial charge in [-0.25, -0.2) is 4.79 Å². The number of hydrogen-bond acceptors (Lipinski definition) is 8. The molecular weight excluding hydrogens is 482 g/mol. The van der Waals surface area contributed by atoms with Crippen LogP contribution in [0.5, 0.6) is 0 Å². The fourth-order valence-corrected chi connectivity index (χ4v) is 3.49. The number of carbonyl (C=O) groups excluding carboxylic acids is 3. The number of aliphatic imine (C=N–C) groups is 1. The molecule has 0 heterocycles. The lowest BCUT2D eigenvalue weighted by Crippen LogP contribution is -2.58. The van der Waals surface area contributed by atoms with Crippen molar-refractivity contribution in [2.45, 2.75) is 63.7 Å². The molecule has 14 heteroatoms. The van der Waals surface area contributed by atoms with Crippen LogP contribution in [0.15, 0.2) is 4.99 Å². The lowest BCUT2D eigenvalue weighted by molar-refractivity contribution is -0.143. The summed E-state index contributed by atoms with van der Waals surface area (Å²) in [6.07, 6.45) is 3.24. The zero-order valence-electron chi connectivity index (χ0n) is 20.0. The minimum Gasteiger partial charge on any atom is -0.480 e. The third-order valence-electron chi connectivity index (χ3n) is 5.13. The summed E-state index contributed by atoms with van der Waals surface area (Å²) in [5, 5.41) is 17.2. The number of hydrogen-bond donors (Lipinski definition) is 8. The molecule has 0 saturated heterocycles. The normalized spacial score (nSPS) is 15.2. The molecule has 0 bridgehead atoms. The standard InChI is InChI=1S/C20H39N7O5S2/c1-4-11(2)15(19(31)32)27-18(30)14(7-9-34-3)26-17(29)13(6-5-8-24-20(22)23)25-16(28)12(21)10-33/h11-15,33H,4-10,21H2,1-3H3,(H,25,28)(H,26,29)(H,27,30)(H,31,32)(H4,22,23,24). The van der Waals surface area contributed by atoms with E-state index < -0.39 is 47.9 Å². The second-order valence-electron chi connectivity index (χ2n) is 7.85. The van der Waals surface area contributed by atoms with Crippen molar-refractivity contribution in [1.29, 1.82) is 0 Å². The van der Waals surface area contributed by atoms with Crippen LogP contribution >= 0.6 is 24.4 Å². The Bertz CT molecular complexity index is 707. The van der Waals surface area contributed by atoms with E-state index in [1.165, 1.54) is 11.8 Å². The van der Waals surface area contributed by atoms with Gasteiger partial charge >= 0.3 is 5.97 Å². The van der Waals surface area contributed by atoms with Crippen LogP contribution in [0, 0.1) is 5.92 Å². The lowest BCUT2D eigenvalue weighted by atomic mass is 9.98. The first kappa shape index (κ1) is 31.8.